The summed E-state index contributed by atoms with van der Waals surface area (Å²) in [6.45, 7) is 4.80. The summed E-state index contributed by atoms with van der Waals surface area (Å²) in [7, 11) is 1.55. The average Bonchev–Trinajstić information content (AvgIpc) is 3.19. The molecule has 0 heterocycles. The van der Waals surface area contributed by atoms with Gasteiger partial charge in [0.2, 0.25) is 5.91 Å². The number of nitrogens with one attached hydrogen (secondary N) is 1. The van der Waals surface area contributed by atoms with Crippen LogP contribution in [0.25, 0.3) is 0 Å². The minimum Gasteiger partial charge on any atom is -0.387 e. The van der Waals surface area contributed by atoms with Gasteiger partial charge in [-0.1, -0.05) is 198 Å². The lowest BCUT2D eigenvalue weighted by Gasteiger charge is -2.25. The van der Waals surface area contributed by atoms with Gasteiger partial charge in [0, 0.05) is 6.42 Å². The van der Waals surface area contributed by atoms with Crippen molar-refractivity contribution in [2.75, 3.05) is 40.9 Å². The smallest absolute Gasteiger partial charge is 0.387 e. The first-order chi connectivity index (χ1) is 28.5. The van der Waals surface area contributed by atoms with Gasteiger partial charge in [0.25, 0.3) is 0 Å². The van der Waals surface area contributed by atoms with Crippen molar-refractivity contribution in [2.45, 2.75) is 238 Å². The second-order valence-electron chi connectivity index (χ2n) is 18.2. The summed E-state index contributed by atoms with van der Waals surface area (Å²) in [6.07, 6.45) is 52.2. The molecule has 9 heteroatoms. The minimum atomic E-state index is -4.35. The largest absolute Gasteiger partial charge is 0.472 e. The number of allylic oxidation sites excluding steroid dienone is 5. The first-order valence-electron chi connectivity index (χ1n) is 24.9. The third-order valence-corrected chi connectivity index (χ3v) is 12.1. The van der Waals surface area contributed by atoms with Crippen molar-refractivity contribution in [1.29, 1.82) is 0 Å². The van der Waals surface area contributed by atoms with Crippen molar-refractivity contribution in [2.24, 2.45) is 0 Å². The maximum absolute atomic E-state index is 12.9. The Morgan fingerprint density at radius 3 is 1.36 bits per heavy atom. The van der Waals surface area contributed by atoms with E-state index in [2.05, 4.69) is 43.5 Å². The van der Waals surface area contributed by atoms with Crippen LogP contribution in [0, 0.1) is 0 Å². The zero-order valence-electron chi connectivity index (χ0n) is 39.5. The van der Waals surface area contributed by atoms with Gasteiger partial charge in [0.05, 0.1) is 39.9 Å². The Labute approximate surface area is 366 Å². The first kappa shape index (κ1) is 57.7. The Balaban J connectivity index is 4.39. The summed E-state index contributed by atoms with van der Waals surface area (Å²) >= 11 is 0. The molecule has 0 aliphatic carbocycles. The van der Waals surface area contributed by atoms with E-state index in [-0.39, 0.29) is 19.1 Å². The van der Waals surface area contributed by atoms with Crippen LogP contribution >= 0.6 is 7.82 Å². The highest BCUT2D eigenvalue weighted by molar-refractivity contribution is 7.47. The van der Waals surface area contributed by atoms with E-state index in [1.165, 1.54) is 167 Å². The number of hydrogen-bond acceptors (Lipinski definition) is 5. The van der Waals surface area contributed by atoms with Gasteiger partial charge < -0.3 is 19.8 Å². The molecule has 0 spiro atoms. The third-order valence-electron chi connectivity index (χ3n) is 11.1. The number of hydrogen-bond donors (Lipinski definition) is 3. The molecule has 0 fully saturated rings. The molecule has 348 valence electrons. The van der Waals surface area contributed by atoms with E-state index in [4.69, 9.17) is 9.05 Å². The Morgan fingerprint density at radius 1 is 0.559 bits per heavy atom. The molecule has 3 unspecified atom stereocenters. The molecule has 0 aliphatic rings. The predicted molar refractivity (Wildman–Crippen MR) is 254 cm³/mol. The van der Waals surface area contributed by atoms with Crippen LogP contribution in [0.3, 0.4) is 0 Å². The number of rotatable bonds is 45. The van der Waals surface area contributed by atoms with E-state index in [9.17, 15) is 19.4 Å². The summed E-state index contributed by atoms with van der Waals surface area (Å²) in [5.74, 6) is -0.190. The van der Waals surface area contributed by atoms with E-state index < -0.39 is 20.0 Å². The highest BCUT2D eigenvalue weighted by atomic mass is 31.2. The average molecular weight is 854 g/mol. The quantitative estimate of drug-likeness (QED) is 0.0244. The van der Waals surface area contributed by atoms with E-state index >= 15 is 0 Å². The maximum atomic E-state index is 12.9. The molecule has 0 saturated heterocycles. The van der Waals surface area contributed by atoms with Crippen LogP contribution in [0.4, 0.5) is 0 Å². The Bertz CT molecular complexity index is 1060. The minimum absolute atomic E-state index is 0.0556. The molecule has 1 amide bonds. The van der Waals surface area contributed by atoms with Gasteiger partial charge >= 0.3 is 7.82 Å². The van der Waals surface area contributed by atoms with Gasteiger partial charge in [-0.15, -0.1) is 0 Å². The van der Waals surface area contributed by atoms with Crippen molar-refractivity contribution < 1.29 is 32.9 Å². The van der Waals surface area contributed by atoms with E-state index in [1.807, 2.05) is 27.2 Å². The molecule has 0 aromatic carbocycles. The molecule has 0 aromatic heterocycles. The lowest BCUT2D eigenvalue weighted by atomic mass is 10.0. The fourth-order valence-corrected chi connectivity index (χ4v) is 7.85. The van der Waals surface area contributed by atoms with Gasteiger partial charge in [-0.2, -0.15) is 0 Å². The molecule has 3 atom stereocenters. The van der Waals surface area contributed by atoms with Gasteiger partial charge in [-0.3, -0.25) is 13.8 Å². The number of amides is 1. The highest BCUT2D eigenvalue weighted by Crippen LogP contribution is 2.43. The van der Waals surface area contributed by atoms with Gasteiger partial charge in [0.15, 0.2) is 0 Å². The van der Waals surface area contributed by atoms with Crippen LogP contribution < -0.4 is 5.32 Å². The van der Waals surface area contributed by atoms with E-state index in [0.29, 0.717) is 17.4 Å². The molecular formula is C50H98N2O6P+. The second-order valence-corrected chi connectivity index (χ2v) is 19.6. The van der Waals surface area contributed by atoms with Crippen LogP contribution in [0.1, 0.15) is 226 Å². The fraction of sp³-hybridized carbons (Fsp3) is 0.860. The van der Waals surface area contributed by atoms with Crippen molar-refractivity contribution in [3.63, 3.8) is 0 Å². The number of carbonyl (C=O) groups excluding carboxylic acids is 1. The summed E-state index contributed by atoms with van der Waals surface area (Å²) in [6, 6.07) is -0.864. The SMILES string of the molecule is CCCCCCCCCC/C=C\CCCCCCCCCC(=O)NC(COP(=O)(O)OCC[N+](C)(C)C)C(O)/C=C/CC/C=C/CCCCCCCCCCCCCC. The lowest BCUT2D eigenvalue weighted by molar-refractivity contribution is -0.870. The van der Waals surface area contributed by atoms with Gasteiger partial charge in [0.1, 0.15) is 13.2 Å². The highest BCUT2D eigenvalue weighted by Gasteiger charge is 2.27. The Morgan fingerprint density at radius 2 is 0.932 bits per heavy atom. The Hall–Kier alpha value is -1.28. The van der Waals surface area contributed by atoms with Crippen molar-refractivity contribution in [3.05, 3.63) is 36.5 Å². The first-order valence-corrected chi connectivity index (χ1v) is 26.4. The molecule has 0 aliphatic heterocycles. The molecular weight excluding hydrogens is 756 g/mol. The maximum Gasteiger partial charge on any atom is 0.472 e. The van der Waals surface area contributed by atoms with Crippen LogP contribution in [-0.4, -0.2) is 73.4 Å². The number of aliphatic hydroxyl groups is 1. The number of phosphoric ester groups is 1. The van der Waals surface area contributed by atoms with Crippen molar-refractivity contribution in [3.8, 4) is 0 Å². The molecule has 0 saturated carbocycles. The second kappa shape index (κ2) is 42.0. The lowest BCUT2D eigenvalue weighted by Crippen LogP contribution is -2.45. The predicted octanol–water partition coefficient (Wildman–Crippen LogP) is 14.3. The zero-order chi connectivity index (χ0) is 43.6. The molecule has 0 aromatic rings. The molecule has 8 nitrogen and oxygen atoms in total. The number of carbonyl (C=O) groups is 1. The van der Waals surface area contributed by atoms with E-state index in [0.717, 1.165) is 38.5 Å². The summed E-state index contributed by atoms with van der Waals surface area (Å²) in [4.78, 5) is 23.2. The topological polar surface area (TPSA) is 105 Å². The number of phosphoric acid groups is 1. The normalized spacial score (nSPS) is 14.5. The molecule has 0 bridgehead atoms. The standard InChI is InChI=1S/C50H97N2O6P/c1-6-8-10-12-14-16-18-20-22-24-26-28-30-32-34-36-38-40-42-44-50(54)51-48(47-58-59(55,56)57-46-45-52(3,4)5)49(53)43-41-39-37-35-33-31-29-27-25-23-21-19-17-15-13-11-9-7-2/h24,26,33,35,41,43,48-49,53H,6-23,25,27-32,34,36-40,42,44-47H2,1-5H3,(H-,51,54,55,56)/p+1/b26-24-,35-33+,43-41+. The van der Waals surface area contributed by atoms with Gasteiger partial charge in [-0.25, -0.2) is 4.57 Å². The third kappa shape index (κ3) is 44.6. The van der Waals surface area contributed by atoms with Crippen LogP contribution in [0.2, 0.25) is 0 Å². The van der Waals surface area contributed by atoms with Crippen LogP contribution in [-0.2, 0) is 18.4 Å². The van der Waals surface area contributed by atoms with Crippen molar-refractivity contribution >= 4 is 13.7 Å². The molecule has 59 heavy (non-hydrogen) atoms. The molecule has 0 rings (SSSR count). The molecule has 0 radical (unpaired) electrons. The number of aliphatic hydroxyl groups excluding tert-OH is 1. The van der Waals surface area contributed by atoms with Crippen LogP contribution in [0.15, 0.2) is 36.5 Å². The zero-order valence-corrected chi connectivity index (χ0v) is 40.4. The summed E-state index contributed by atoms with van der Waals surface area (Å²) < 4.78 is 23.6. The molecule has 3 N–H and O–H groups in total. The number of unbranched alkanes of at least 4 members (excludes halogenated alkanes) is 28. The number of quaternary nitrogens is 1. The van der Waals surface area contributed by atoms with Crippen molar-refractivity contribution in [1.82, 2.24) is 5.32 Å². The van der Waals surface area contributed by atoms with Gasteiger partial charge in [-0.05, 0) is 57.8 Å². The van der Waals surface area contributed by atoms with E-state index in [1.54, 1.807) is 6.08 Å². The number of nitrogens with zero attached hydrogens (tertiary/aromatic N) is 1. The number of likely N-dealkylation sites (N-methyl/N-ethyl adjacent to an activating group) is 1. The summed E-state index contributed by atoms with van der Waals surface area (Å²) in [5.41, 5.74) is 0. The van der Waals surface area contributed by atoms with Crippen LogP contribution in [0.5, 0.6) is 0 Å². The summed E-state index contributed by atoms with van der Waals surface area (Å²) in [5, 5.41) is 13.8. The monoisotopic (exact) mass is 854 g/mol. The Kier molecular flexibility index (Phi) is 41.1. The fourth-order valence-electron chi connectivity index (χ4n) is 7.11.